The molecule has 9 unspecified atom stereocenters. The van der Waals surface area contributed by atoms with Gasteiger partial charge in [0.15, 0.2) is 6.29 Å². The number of hydrogen-bond acceptors (Lipinski definition) is 10. The van der Waals surface area contributed by atoms with Crippen LogP contribution in [0, 0.1) is 0 Å². The Hall–Kier alpha value is -0.890. The molecule has 0 radical (unpaired) electrons. The number of carbonyl (C=O) groups excluding carboxylic acids is 1. The molecule has 62 heavy (non-hydrogen) atoms. The third kappa shape index (κ3) is 30.3. The lowest BCUT2D eigenvalue weighted by atomic mass is 9.98. The van der Waals surface area contributed by atoms with Crippen LogP contribution in [0.15, 0.2) is 0 Å². The molecule has 1 heterocycles. The summed E-state index contributed by atoms with van der Waals surface area (Å²) in [6.07, 6.45) is 33.1. The smallest absolute Gasteiger partial charge is 0.249 e. The lowest BCUT2D eigenvalue weighted by Gasteiger charge is -2.40. The van der Waals surface area contributed by atoms with Crippen molar-refractivity contribution in [2.24, 2.45) is 0 Å². The zero-order valence-electron chi connectivity index (χ0n) is 40.1. The Morgan fingerprint density at radius 1 is 0.500 bits per heavy atom. The second-order valence-corrected chi connectivity index (χ2v) is 19.0. The van der Waals surface area contributed by atoms with E-state index in [1.165, 1.54) is 173 Å². The number of hydrogen-bond donors (Lipinski definition) is 8. The molecule has 1 rings (SSSR count). The van der Waals surface area contributed by atoms with Gasteiger partial charge < -0.3 is 50.5 Å². The lowest BCUT2D eigenvalue weighted by Crippen LogP contribution is -2.60. The van der Waals surface area contributed by atoms with Crippen LogP contribution in [0.2, 0.25) is 0 Å². The molecule has 9 atom stereocenters. The number of carbonyl (C=O) groups is 1. The second kappa shape index (κ2) is 41.5. The van der Waals surface area contributed by atoms with Crippen molar-refractivity contribution in [1.29, 1.82) is 0 Å². The van der Waals surface area contributed by atoms with Crippen molar-refractivity contribution in [2.75, 3.05) is 13.2 Å². The van der Waals surface area contributed by atoms with Gasteiger partial charge in [0.05, 0.1) is 25.4 Å². The standard InChI is InChI=1S/C51H101NO10/c1-3-5-7-9-11-13-15-16-17-18-19-20-21-22-23-24-25-26-27-29-31-33-35-37-39-44(55)50(60)52-42(41-61-51-49(59)48(58)47(57)45(40-53)62-51)46(56)43(54)38-36-34-32-30-28-14-12-10-8-6-4-2/h42-49,51,53-59H,3-41H2,1-2H3,(H,52,60). The summed E-state index contributed by atoms with van der Waals surface area (Å²) in [5.74, 6) is -0.692. The normalized spacial score (nSPS) is 21.2. The minimum absolute atomic E-state index is 0.267. The molecule has 0 spiro atoms. The van der Waals surface area contributed by atoms with Crippen LogP contribution in [0.5, 0.6) is 0 Å². The van der Waals surface area contributed by atoms with Crippen LogP contribution in [-0.4, -0.2) is 110 Å². The number of nitrogens with one attached hydrogen (secondary N) is 1. The Labute approximate surface area is 379 Å². The molecule has 0 saturated carbocycles. The van der Waals surface area contributed by atoms with E-state index in [0.717, 1.165) is 38.5 Å². The third-order valence-corrected chi connectivity index (χ3v) is 13.2. The number of unbranched alkanes of at least 4 members (excludes halogenated alkanes) is 33. The van der Waals surface area contributed by atoms with E-state index in [-0.39, 0.29) is 6.42 Å². The van der Waals surface area contributed by atoms with Gasteiger partial charge in [0.25, 0.3) is 0 Å². The Morgan fingerprint density at radius 2 is 0.839 bits per heavy atom. The quantitative estimate of drug-likeness (QED) is 0.0273. The molecule has 0 bridgehead atoms. The average Bonchev–Trinajstić information content (AvgIpc) is 3.27. The van der Waals surface area contributed by atoms with Crippen molar-refractivity contribution in [1.82, 2.24) is 5.32 Å². The van der Waals surface area contributed by atoms with Gasteiger partial charge in [0, 0.05) is 0 Å². The first-order valence-corrected chi connectivity index (χ1v) is 26.4. The molecule has 11 nitrogen and oxygen atoms in total. The van der Waals surface area contributed by atoms with Crippen LogP contribution in [0.25, 0.3) is 0 Å². The highest BCUT2D eigenvalue weighted by molar-refractivity contribution is 5.80. The first kappa shape index (κ1) is 59.1. The monoisotopic (exact) mass is 888 g/mol. The molecule has 370 valence electrons. The second-order valence-electron chi connectivity index (χ2n) is 19.0. The molecular weight excluding hydrogens is 787 g/mol. The summed E-state index contributed by atoms with van der Waals surface area (Å²) in [7, 11) is 0. The van der Waals surface area contributed by atoms with Crippen molar-refractivity contribution in [2.45, 2.75) is 306 Å². The van der Waals surface area contributed by atoms with E-state index in [1.807, 2.05) is 0 Å². The molecular formula is C51H101NO10. The van der Waals surface area contributed by atoms with Crippen LogP contribution in [-0.2, 0) is 14.3 Å². The number of rotatable bonds is 45. The predicted octanol–water partition coefficient (Wildman–Crippen LogP) is 9.84. The van der Waals surface area contributed by atoms with Crippen molar-refractivity contribution in [3.63, 3.8) is 0 Å². The number of ether oxygens (including phenoxy) is 2. The van der Waals surface area contributed by atoms with Crippen molar-refractivity contribution < 1.29 is 50.0 Å². The van der Waals surface area contributed by atoms with Crippen LogP contribution in [0.1, 0.15) is 251 Å². The first-order chi connectivity index (χ1) is 30.2. The van der Waals surface area contributed by atoms with E-state index in [4.69, 9.17) is 9.47 Å². The molecule has 0 aliphatic carbocycles. The van der Waals surface area contributed by atoms with Crippen LogP contribution >= 0.6 is 0 Å². The summed E-state index contributed by atoms with van der Waals surface area (Å²) in [6, 6.07) is -1.16. The summed E-state index contributed by atoms with van der Waals surface area (Å²) in [5.41, 5.74) is 0. The van der Waals surface area contributed by atoms with Crippen LogP contribution in [0.4, 0.5) is 0 Å². The molecule has 0 aromatic heterocycles. The van der Waals surface area contributed by atoms with Crippen molar-refractivity contribution in [3.05, 3.63) is 0 Å². The molecule has 1 aliphatic heterocycles. The SMILES string of the molecule is CCCCCCCCCCCCCCCCCCCCCCCCCCC(O)C(=O)NC(COC1OC(CO)C(O)C(O)C1O)C(O)C(O)CCCCCCCCCCCCC. The molecule has 1 fully saturated rings. The van der Waals surface area contributed by atoms with Gasteiger partial charge in [-0.25, -0.2) is 0 Å². The zero-order valence-corrected chi connectivity index (χ0v) is 40.1. The Morgan fingerprint density at radius 3 is 1.19 bits per heavy atom. The Kier molecular flexibility index (Phi) is 39.6. The maximum absolute atomic E-state index is 13.1. The molecule has 1 amide bonds. The molecule has 0 aromatic carbocycles. The average molecular weight is 888 g/mol. The minimum atomic E-state index is -1.66. The van der Waals surface area contributed by atoms with Gasteiger partial charge in [-0.15, -0.1) is 0 Å². The fraction of sp³-hybridized carbons (Fsp3) is 0.980. The maximum atomic E-state index is 13.1. The summed E-state index contributed by atoms with van der Waals surface area (Å²) in [5, 5.41) is 75.8. The highest BCUT2D eigenvalue weighted by Gasteiger charge is 2.44. The minimum Gasteiger partial charge on any atom is -0.394 e. The number of aliphatic hydroxyl groups is 7. The van der Waals surface area contributed by atoms with Crippen molar-refractivity contribution in [3.8, 4) is 0 Å². The highest BCUT2D eigenvalue weighted by atomic mass is 16.7. The van der Waals surface area contributed by atoms with Gasteiger partial charge in [0.2, 0.25) is 5.91 Å². The van der Waals surface area contributed by atoms with E-state index in [1.54, 1.807) is 0 Å². The van der Waals surface area contributed by atoms with E-state index in [0.29, 0.717) is 19.3 Å². The molecule has 0 aromatic rings. The largest absolute Gasteiger partial charge is 0.394 e. The summed E-state index contributed by atoms with van der Waals surface area (Å²) in [6.45, 7) is 3.46. The van der Waals surface area contributed by atoms with Crippen LogP contribution in [0.3, 0.4) is 0 Å². The third-order valence-electron chi connectivity index (χ3n) is 13.2. The summed E-state index contributed by atoms with van der Waals surface area (Å²) in [4.78, 5) is 13.1. The first-order valence-electron chi connectivity index (χ1n) is 26.4. The summed E-state index contributed by atoms with van der Waals surface area (Å²) >= 11 is 0. The number of aliphatic hydroxyl groups excluding tert-OH is 7. The highest BCUT2D eigenvalue weighted by Crippen LogP contribution is 2.23. The molecule has 11 heteroatoms. The van der Waals surface area contributed by atoms with Gasteiger partial charge in [0.1, 0.15) is 36.6 Å². The Balaban J connectivity index is 2.28. The topological polar surface area (TPSA) is 189 Å². The molecule has 1 saturated heterocycles. The van der Waals surface area contributed by atoms with Crippen LogP contribution < -0.4 is 5.32 Å². The zero-order chi connectivity index (χ0) is 45.5. The van der Waals surface area contributed by atoms with E-state index in [2.05, 4.69) is 19.2 Å². The van der Waals surface area contributed by atoms with Crippen molar-refractivity contribution >= 4 is 5.91 Å². The van der Waals surface area contributed by atoms with Gasteiger partial charge >= 0.3 is 0 Å². The fourth-order valence-electron chi connectivity index (χ4n) is 8.80. The summed E-state index contributed by atoms with van der Waals surface area (Å²) < 4.78 is 11.1. The van der Waals surface area contributed by atoms with Gasteiger partial charge in [-0.1, -0.05) is 239 Å². The van der Waals surface area contributed by atoms with E-state index in [9.17, 15) is 40.5 Å². The number of amides is 1. The maximum Gasteiger partial charge on any atom is 0.249 e. The predicted molar refractivity (Wildman–Crippen MR) is 252 cm³/mol. The lowest BCUT2D eigenvalue weighted by molar-refractivity contribution is -0.303. The molecule has 8 N–H and O–H groups in total. The van der Waals surface area contributed by atoms with Gasteiger partial charge in [-0.05, 0) is 12.8 Å². The van der Waals surface area contributed by atoms with Gasteiger partial charge in [-0.2, -0.15) is 0 Å². The Bertz CT molecular complexity index is 975. The van der Waals surface area contributed by atoms with Gasteiger partial charge in [-0.3, -0.25) is 4.79 Å². The molecule has 1 aliphatic rings. The van der Waals surface area contributed by atoms with E-state index < -0.39 is 74.2 Å². The fourth-order valence-corrected chi connectivity index (χ4v) is 8.80. The van der Waals surface area contributed by atoms with E-state index >= 15 is 0 Å².